The molecule has 0 saturated carbocycles. The number of nitrogens with zero attached hydrogens (tertiary/aromatic N) is 1. The number of benzene rings is 2. The summed E-state index contributed by atoms with van der Waals surface area (Å²) in [5.41, 5.74) is 1.26. The van der Waals surface area contributed by atoms with E-state index < -0.39 is 0 Å². The van der Waals surface area contributed by atoms with Crippen LogP contribution >= 0.6 is 11.6 Å². The molecule has 0 aliphatic rings. The molecule has 0 unspecified atom stereocenters. The lowest BCUT2D eigenvalue weighted by molar-refractivity contribution is 0.402. The number of hydrogen-bond acceptors (Lipinski definition) is 2. The maximum atomic E-state index is 5.91. The Balaban J connectivity index is 2.06. The summed E-state index contributed by atoms with van der Waals surface area (Å²) in [5, 5.41) is 0.678. The van der Waals surface area contributed by atoms with Gasteiger partial charge in [-0.1, -0.05) is 29.8 Å². The van der Waals surface area contributed by atoms with Gasteiger partial charge in [-0.15, -0.1) is 0 Å². The fourth-order valence-electron chi connectivity index (χ4n) is 1.69. The van der Waals surface area contributed by atoms with Crippen LogP contribution in [-0.4, -0.2) is 19.0 Å². The quantitative estimate of drug-likeness (QED) is 0.818. The van der Waals surface area contributed by atoms with Crippen LogP contribution in [0.1, 0.15) is 5.56 Å². The zero-order valence-corrected chi connectivity index (χ0v) is 11.3. The van der Waals surface area contributed by atoms with E-state index in [-0.39, 0.29) is 0 Å². The third-order valence-corrected chi connectivity index (χ3v) is 2.69. The molecule has 0 atom stereocenters. The third kappa shape index (κ3) is 3.76. The van der Waals surface area contributed by atoms with Crippen molar-refractivity contribution < 1.29 is 4.74 Å². The van der Waals surface area contributed by atoms with Gasteiger partial charge in [-0.2, -0.15) is 0 Å². The van der Waals surface area contributed by atoms with Crippen molar-refractivity contribution in [2.75, 3.05) is 14.1 Å². The fourth-order valence-corrected chi connectivity index (χ4v) is 1.87. The van der Waals surface area contributed by atoms with Crippen LogP contribution in [0, 0.1) is 0 Å². The molecule has 0 radical (unpaired) electrons. The van der Waals surface area contributed by atoms with Crippen LogP contribution in [0.2, 0.25) is 5.02 Å². The van der Waals surface area contributed by atoms with E-state index in [9.17, 15) is 0 Å². The Hall–Kier alpha value is -1.51. The van der Waals surface area contributed by atoms with Crippen molar-refractivity contribution in [3.05, 3.63) is 59.1 Å². The minimum atomic E-state index is 0.678. The van der Waals surface area contributed by atoms with Crippen molar-refractivity contribution in [2.24, 2.45) is 0 Å². The van der Waals surface area contributed by atoms with Crippen LogP contribution < -0.4 is 4.74 Å². The lowest BCUT2D eigenvalue weighted by Crippen LogP contribution is -2.10. The summed E-state index contributed by atoms with van der Waals surface area (Å²) in [5.74, 6) is 1.57. The van der Waals surface area contributed by atoms with Gasteiger partial charge in [0.1, 0.15) is 11.5 Å². The Morgan fingerprint density at radius 1 is 1.00 bits per heavy atom. The van der Waals surface area contributed by atoms with Gasteiger partial charge in [0.05, 0.1) is 0 Å². The lowest BCUT2D eigenvalue weighted by atomic mass is 10.2. The van der Waals surface area contributed by atoms with Gasteiger partial charge in [0.2, 0.25) is 0 Å². The van der Waals surface area contributed by atoms with E-state index in [1.54, 1.807) is 6.07 Å². The van der Waals surface area contributed by atoms with E-state index >= 15 is 0 Å². The molecule has 0 fully saturated rings. The van der Waals surface area contributed by atoms with Crippen LogP contribution in [0.4, 0.5) is 0 Å². The Morgan fingerprint density at radius 3 is 2.33 bits per heavy atom. The average molecular weight is 262 g/mol. The first-order valence-electron chi connectivity index (χ1n) is 5.80. The summed E-state index contributed by atoms with van der Waals surface area (Å²) in [6.45, 7) is 0.928. The molecule has 94 valence electrons. The second-order valence-corrected chi connectivity index (χ2v) is 4.88. The van der Waals surface area contributed by atoms with Crippen molar-refractivity contribution in [1.82, 2.24) is 4.90 Å². The molecule has 0 N–H and O–H groups in total. The second-order valence-electron chi connectivity index (χ2n) is 4.44. The number of ether oxygens (including phenoxy) is 1. The van der Waals surface area contributed by atoms with Gasteiger partial charge in [0, 0.05) is 11.6 Å². The van der Waals surface area contributed by atoms with Gasteiger partial charge in [-0.05, 0) is 50.0 Å². The maximum Gasteiger partial charge on any atom is 0.128 e. The maximum absolute atomic E-state index is 5.91. The Labute approximate surface area is 113 Å². The van der Waals surface area contributed by atoms with E-state index in [1.165, 1.54) is 5.56 Å². The zero-order valence-electron chi connectivity index (χ0n) is 10.6. The molecule has 0 amide bonds. The monoisotopic (exact) mass is 261 g/mol. The van der Waals surface area contributed by atoms with Gasteiger partial charge in [0.15, 0.2) is 0 Å². The highest BCUT2D eigenvalue weighted by atomic mass is 35.5. The van der Waals surface area contributed by atoms with Gasteiger partial charge in [-0.25, -0.2) is 0 Å². The lowest BCUT2D eigenvalue weighted by Gasteiger charge is -2.10. The Bertz CT molecular complexity index is 508. The summed E-state index contributed by atoms with van der Waals surface area (Å²) >= 11 is 5.91. The molecular weight excluding hydrogens is 246 g/mol. The smallest absolute Gasteiger partial charge is 0.128 e. The molecule has 0 aromatic heterocycles. The molecule has 2 aromatic carbocycles. The predicted molar refractivity (Wildman–Crippen MR) is 75.4 cm³/mol. The van der Waals surface area contributed by atoms with Crippen LogP contribution in [0.15, 0.2) is 48.5 Å². The van der Waals surface area contributed by atoms with Gasteiger partial charge in [-0.3, -0.25) is 0 Å². The highest BCUT2D eigenvalue weighted by Gasteiger charge is 1.99. The van der Waals surface area contributed by atoms with Crippen molar-refractivity contribution in [3.63, 3.8) is 0 Å². The molecule has 0 aliphatic heterocycles. The zero-order chi connectivity index (χ0) is 13.0. The summed E-state index contributed by atoms with van der Waals surface area (Å²) in [4.78, 5) is 2.13. The predicted octanol–water partition coefficient (Wildman–Crippen LogP) is 4.19. The van der Waals surface area contributed by atoms with Gasteiger partial charge >= 0.3 is 0 Å². The molecule has 18 heavy (non-hydrogen) atoms. The van der Waals surface area contributed by atoms with Gasteiger partial charge in [0.25, 0.3) is 0 Å². The summed E-state index contributed by atoms with van der Waals surface area (Å²) in [6.07, 6.45) is 0. The van der Waals surface area contributed by atoms with Crippen molar-refractivity contribution in [1.29, 1.82) is 0 Å². The molecule has 0 bridgehead atoms. The van der Waals surface area contributed by atoms with Crippen LogP contribution in [0.25, 0.3) is 0 Å². The summed E-state index contributed by atoms with van der Waals surface area (Å²) in [7, 11) is 4.10. The van der Waals surface area contributed by atoms with Crippen LogP contribution in [0.5, 0.6) is 11.5 Å². The van der Waals surface area contributed by atoms with E-state index in [0.717, 1.165) is 18.0 Å². The SMILES string of the molecule is CN(C)Cc1ccc(Oc2cccc(Cl)c2)cc1. The molecule has 2 rings (SSSR count). The molecule has 3 heteroatoms. The Morgan fingerprint density at radius 2 is 1.72 bits per heavy atom. The van der Waals surface area contributed by atoms with E-state index in [1.807, 2.05) is 30.3 Å². The largest absolute Gasteiger partial charge is 0.457 e. The molecule has 2 aromatic rings. The molecule has 0 spiro atoms. The minimum Gasteiger partial charge on any atom is -0.457 e. The first-order chi connectivity index (χ1) is 8.63. The Kier molecular flexibility index (Phi) is 4.24. The topological polar surface area (TPSA) is 12.5 Å². The van der Waals surface area contributed by atoms with Crippen molar-refractivity contribution in [3.8, 4) is 11.5 Å². The number of hydrogen-bond donors (Lipinski definition) is 0. The standard InChI is InChI=1S/C15H16ClNO/c1-17(2)11-12-6-8-14(9-7-12)18-15-5-3-4-13(16)10-15/h3-10H,11H2,1-2H3. The highest BCUT2D eigenvalue weighted by molar-refractivity contribution is 6.30. The molecule has 0 heterocycles. The molecule has 0 saturated heterocycles. The molecule has 0 aliphatic carbocycles. The number of rotatable bonds is 4. The number of halogens is 1. The molecule has 2 nitrogen and oxygen atoms in total. The van der Waals surface area contributed by atoms with Crippen LogP contribution in [-0.2, 0) is 6.54 Å². The van der Waals surface area contributed by atoms with Crippen molar-refractivity contribution >= 4 is 11.6 Å². The second kappa shape index (κ2) is 5.89. The van der Waals surface area contributed by atoms with E-state index in [0.29, 0.717) is 5.02 Å². The van der Waals surface area contributed by atoms with Crippen LogP contribution in [0.3, 0.4) is 0 Å². The van der Waals surface area contributed by atoms with Crippen molar-refractivity contribution in [2.45, 2.75) is 6.54 Å². The van der Waals surface area contributed by atoms with E-state index in [4.69, 9.17) is 16.3 Å². The van der Waals surface area contributed by atoms with E-state index in [2.05, 4.69) is 31.1 Å². The molecular formula is C15H16ClNO. The first kappa shape index (κ1) is 12.9. The van der Waals surface area contributed by atoms with Gasteiger partial charge < -0.3 is 9.64 Å². The first-order valence-corrected chi connectivity index (χ1v) is 6.18. The average Bonchev–Trinajstić information content (AvgIpc) is 2.31. The third-order valence-electron chi connectivity index (χ3n) is 2.45. The summed E-state index contributed by atoms with van der Waals surface area (Å²) < 4.78 is 5.72. The normalized spacial score (nSPS) is 10.7. The fraction of sp³-hybridized carbons (Fsp3) is 0.200. The minimum absolute atomic E-state index is 0.678. The summed E-state index contributed by atoms with van der Waals surface area (Å²) in [6, 6.07) is 15.5. The highest BCUT2D eigenvalue weighted by Crippen LogP contribution is 2.24.